The number of benzene rings is 1. The highest BCUT2D eigenvalue weighted by Crippen LogP contribution is 2.20. The van der Waals surface area contributed by atoms with Crippen LogP contribution in [0.5, 0.6) is 5.75 Å². The normalized spacial score (nSPS) is 16.8. The number of carbonyl (C=O) groups is 1. The van der Waals surface area contributed by atoms with E-state index in [2.05, 4.69) is 15.3 Å². The average Bonchev–Trinajstić information content (AvgIpc) is 2.86. The number of aromatic nitrogens is 4. The van der Waals surface area contributed by atoms with Crippen LogP contribution in [0.2, 0.25) is 10.2 Å². The summed E-state index contributed by atoms with van der Waals surface area (Å²) in [4.78, 5) is 45.0. The lowest BCUT2D eigenvalue weighted by molar-refractivity contribution is -0.137. The highest BCUT2D eigenvalue weighted by atomic mass is 35.5. The van der Waals surface area contributed by atoms with Gasteiger partial charge in [-0.2, -0.15) is 4.98 Å². The van der Waals surface area contributed by atoms with Crippen molar-refractivity contribution in [2.45, 2.75) is 32.4 Å². The van der Waals surface area contributed by atoms with Gasteiger partial charge < -0.3 is 15.2 Å². The van der Waals surface area contributed by atoms with Crippen molar-refractivity contribution in [3.05, 3.63) is 115 Å². The lowest BCUT2D eigenvalue weighted by Crippen LogP contribution is -2.43. The molecule has 0 radical (unpaired) electrons. The van der Waals surface area contributed by atoms with E-state index in [1.165, 1.54) is 10.8 Å². The fraction of sp³-hybridized carbons (Fsp3) is 0.192. The van der Waals surface area contributed by atoms with Crippen molar-refractivity contribution >= 4 is 35.1 Å². The van der Waals surface area contributed by atoms with Gasteiger partial charge in [-0.05, 0) is 54.8 Å². The number of allylic oxidation sites excluding steroid dienone is 5. The minimum atomic E-state index is -1.13. The first-order chi connectivity index (χ1) is 18.3. The Bertz CT molecular complexity index is 1540. The largest absolute Gasteiger partial charge is 0.481 e. The Morgan fingerprint density at radius 1 is 1.11 bits per heavy atom. The maximum absolute atomic E-state index is 13.3. The summed E-state index contributed by atoms with van der Waals surface area (Å²) in [6.07, 6.45) is 9.64. The van der Waals surface area contributed by atoms with Gasteiger partial charge in [-0.25, -0.2) is 19.1 Å². The first-order valence-corrected chi connectivity index (χ1v) is 12.4. The van der Waals surface area contributed by atoms with Gasteiger partial charge in [-0.3, -0.25) is 9.36 Å². The molecule has 196 valence electrons. The molecular weight excluding hydrogens is 533 g/mol. The van der Waals surface area contributed by atoms with E-state index in [1.54, 1.807) is 48.6 Å². The topological polar surface area (TPSA) is 128 Å². The fourth-order valence-electron chi connectivity index (χ4n) is 3.60. The zero-order valence-electron chi connectivity index (χ0n) is 20.0. The zero-order chi connectivity index (χ0) is 27.1. The van der Waals surface area contributed by atoms with E-state index in [4.69, 9.17) is 33.0 Å². The summed E-state index contributed by atoms with van der Waals surface area (Å²) in [6.45, 7) is -0.213. The molecule has 3 aromatic rings. The molecule has 12 heteroatoms. The third-order valence-electron chi connectivity index (χ3n) is 5.47. The van der Waals surface area contributed by atoms with Crippen LogP contribution in [0, 0.1) is 0 Å². The Balaban J connectivity index is 1.67. The van der Waals surface area contributed by atoms with Crippen molar-refractivity contribution in [2.24, 2.45) is 0 Å². The summed E-state index contributed by atoms with van der Waals surface area (Å²) in [7, 11) is 0. The number of pyridine rings is 1. The van der Waals surface area contributed by atoms with Crippen molar-refractivity contribution in [2.75, 3.05) is 5.32 Å². The van der Waals surface area contributed by atoms with Crippen LogP contribution >= 0.6 is 23.2 Å². The number of nitrogens with one attached hydrogen (secondary N) is 1. The zero-order valence-corrected chi connectivity index (χ0v) is 21.5. The molecule has 0 amide bonds. The Kier molecular flexibility index (Phi) is 8.77. The van der Waals surface area contributed by atoms with Crippen LogP contribution in [0.25, 0.3) is 0 Å². The average molecular weight is 556 g/mol. The Hall–Kier alpha value is -4.15. The van der Waals surface area contributed by atoms with Gasteiger partial charge in [-0.15, -0.1) is 0 Å². The molecular formula is C26H23Cl2N5O5. The van der Waals surface area contributed by atoms with Gasteiger partial charge in [0.15, 0.2) is 0 Å². The second-order valence-electron chi connectivity index (χ2n) is 8.25. The van der Waals surface area contributed by atoms with E-state index in [0.717, 1.165) is 10.1 Å². The number of nitrogens with zero attached hydrogens (tertiary/aromatic N) is 4. The minimum absolute atomic E-state index is 0.0362. The van der Waals surface area contributed by atoms with Gasteiger partial charge in [0.1, 0.15) is 16.7 Å². The minimum Gasteiger partial charge on any atom is -0.481 e. The summed E-state index contributed by atoms with van der Waals surface area (Å²) in [5.74, 6) is -0.0295. The Labute approximate surface area is 227 Å². The smallest absolute Gasteiger partial charge is 0.354 e. The molecule has 10 nitrogen and oxygen atoms in total. The van der Waals surface area contributed by atoms with Gasteiger partial charge >= 0.3 is 17.3 Å². The predicted octanol–water partition coefficient (Wildman–Crippen LogP) is 4.24. The molecule has 1 aromatic carbocycles. The van der Waals surface area contributed by atoms with Crippen molar-refractivity contribution in [3.63, 3.8) is 0 Å². The number of hydrogen-bond acceptors (Lipinski definition) is 7. The lowest BCUT2D eigenvalue weighted by atomic mass is 10.1. The van der Waals surface area contributed by atoms with Gasteiger partial charge in [-0.1, -0.05) is 41.4 Å². The number of carboxylic acids is 1. The number of rotatable bonds is 9. The molecule has 0 aliphatic heterocycles. The van der Waals surface area contributed by atoms with Crippen LogP contribution < -0.4 is 21.4 Å². The first-order valence-electron chi connectivity index (χ1n) is 11.6. The van der Waals surface area contributed by atoms with E-state index >= 15 is 0 Å². The molecule has 0 spiro atoms. The first kappa shape index (κ1) is 26.9. The molecule has 0 fully saturated rings. The maximum atomic E-state index is 13.3. The van der Waals surface area contributed by atoms with E-state index in [0.29, 0.717) is 40.2 Å². The quantitative estimate of drug-likeness (QED) is 0.375. The number of carboxylic acid groups (broad SMARTS) is 1. The highest BCUT2D eigenvalue weighted by molar-refractivity contribution is 6.30. The van der Waals surface area contributed by atoms with Gasteiger partial charge in [0, 0.05) is 29.5 Å². The second kappa shape index (κ2) is 12.4. The van der Waals surface area contributed by atoms with Crippen LogP contribution in [-0.4, -0.2) is 30.2 Å². The third-order valence-corrected chi connectivity index (χ3v) is 5.93. The molecule has 1 aliphatic carbocycles. The standard InChI is InChI=1S/C26H23Cl2N5O5/c27-18-7-5-17(6-8-18)16-33-24(31-25(36)32(26(33)37)14-12-23(34)35)30-19-3-1-2-4-20(10-9-19)38-21-11-13-29-22(28)15-21/h2,4-11,13,15H,1,3,12,14,16H2,(H,34,35)(H,30,31,36)/b4-2-,19-9+,20-10+. The molecule has 0 saturated heterocycles. The van der Waals surface area contributed by atoms with E-state index < -0.39 is 23.8 Å². The van der Waals surface area contributed by atoms with Gasteiger partial charge in [0.2, 0.25) is 5.95 Å². The fourth-order valence-corrected chi connectivity index (χ4v) is 3.89. The molecule has 0 bridgehead atoms. The van der Waals surface area contributed by atoms with Crippen LogP contribution in [0.1, 0.15) is 24.8 Å². The van der Waals surface area contributed by atoms with E-state index in [-0.39, 0.29) is 19.0 Å². The molecule has 2 aromatic heterocycles. The molecule has 38 heavy (non-hydrogen) atoms. The second-order valence-corrected chi connectivity index (χ2v) is 9.08. The van der Waals surface area contributed by atoms with E-state index in [1.807, 2.05) is 12.2 Å². The van der Waals surface area contributed by atoms with Gasteiger partial charge in [0.05, 0.1) is 13.0 Å². The predicted molar refractivity (Wildman–Crippen MR) is 144 cm³/mol. The number of halogens is 2. The van der Waals surface area contributed by atoms with Crippen molar-refractivity contribution in [3.8, 4) is 5.75 Å². The van der Waals surface area contributed by atoms with Crippen LogP contribution in [0.3, 0.4) is 0 Å². The summed E-state index contributed by atoms with van der Waals surface area (Å²) in [6, 6.07) is 10.2. The Morgan fingerprint density at radius 3 is 2.63 bits per heavy atom. The molecule has 0 saturated carbocycles. The van der Waals surface area contributed by atoms with E-state index in [9.17, 15) is 14.4 Å². The molecule has 4 rings (SSSR count). The highest BCUT2D eigenvalue weighted by Gasteiger charge is 2.16. The van der Waals surface area contributed by atoms with Crippen molar-refractivity contribution in [1.82, 2.24) is 19.1 Å². The summed E-state index contributed by atoms with van der Waals surface area (Å²) in [5.41, 5.74) is -0.0932. The van der Waals surface area contributed by atoms with Crippen molar-refractivity contribution < 1.29 is 14.6 Å². The van der Waals surface area contributed by atoms with Crippen LogP contribution in [-0.2, 0) is 17.9 Å². The Morgan fingerprint density at radius 2 is 1.89 bits per heavy atom. The van der Waals surface area contributed by atoms with Crippen molar-refractivity contribution in [1.29, 1.82) is 0 Å². The number of aliphatic carboxylic acids is 1. The van der Waals surface area contributed by atoms with Crippen LogP contribution in [0.15, 0.2) is 87.9 Å². The molecule has 0 unspecified atom stereocenters. The third kappa shape index (κ3) is 7.21. The SMILES string of the molecule is O=C(O)CCn1c(=O)nc(N/C2=C/C=C(Oc3ccnc(Cl)c3)\C=C/CC2)n(Cc2ccc(Cl)cc2)c1=O. The monoisotopic (exact) mass is 555 g/mol. The molecule has 2 heterocycles. The number of hydrogen-bond donors (Lipinski definition) is 2. The summed E-state index contributed by atoms with van der Waals surface area (Å²) in [5, 5.41) is 13.0. The molecule has 1 aliphatic rings. The van der Waals surface area contributed by atoms with Gasteiger partial charge in [0.25, 0.3) is 0 Å². The summed E-state index contributed by atoms with van der Waals surface area (Å²) < 4.78 is 7.99. The number of ether oxygens (including phenoxy) is 1. The lowest BCUT2D eigenvalue weighted by Gasteiger charge is -2.17. The molecule has 0 atom stereocenters. The maximum Gasteiger partial charge on any atom is 0.354 e. The number of anilines is 1. The summed E-state index contributed by atoms with van der Waals surface area (Å²) >= 11 is 11.9. The van der Waals surface area contributed by atoms with Crippen LogP contribution in [0.4, 0.5) is 5.95 Å². The molecule has 2 N–H and O–H groups in total.